The molecular weight excluding hydrogens is 696 g/mol. The molecule has 3 heterocycles. The number of nitriles is 1. The topological polar surface area (TPSA) is 144 Å². The summed E-state index contributed by atoms with van der Waals surface area (Å²) in [6, 6.07) is 19.8. The predicted molar refractivity (Wildman–Crippen MR) is 198 cm³/mol. The van der Waals surface area contributed by atoms with E-state index in [1.54, 1.807) is 29.2 Å². The Morgan fingerprint density at radius 2 is 1.77 bits per heavy atom. The number of benzene rings is 3. The molecule has 13 heteroatoms. The van der Waals surface area contributed by atoms with E-state index in [1.807, 2.05) is 42.5 Å². The van der Waals surface area contributed by atoms with Gasteiger partial charge in [0.2, 0.25) is 11.8 Å². The number of hydrogen-bond donors (Lipinski definition) is 2. The second-order valence-electron chi connectivity index (χ2n) is 14.1. The maximum atomic E-state index is 13.1. The lowest BCUT2D eigenvalue weighted by molar-refractivity contribution is -0.136. The molecule has 12 nitrogen and oxygen atoms in total. The van der Waals surface area contributed by atoms with Crippen LogP contribution in [0.5, 0.6) is 11.5 Å². The van der Waals surface area contributed by atoms with Crippen molar-refractivity contribution in [1.29, 1.82) is 5.26 Å². The molecule has 3 aliphatic heterocycles. The van der Waals surface area contributed by atoms with Crippen LogP contribution in [-0.4, -0.2) is 90.9 Å². The molecule has 0 radical (unpaired) electrons. The fourth-order valence-corrected chi connectivity index (χ4v) is 7.66. The first-order valence-electron chi connectivity index (χ1n) is 18.4. The van der Waals surface area contributed by atoms with Crippen molar-refractivity contribution in [2.75, 3.05) is 44.2 Å². The van der Waals surface area contributed by atoms with Crippen molar-refractivity contribution in [3.05, 3.63) is 87.9 Å². The van der Waals surface area contributed by atoms with Crippen molar-refractivity contribution < 1.29 is 28.7 Å². The summed E-state index contributed by atoms with van der Waals surface area (Å²) < 4.78 is 12.1. The highest BCUT2D eigenvalue weighted by atomic mass is 35.5. The van der Waals surface area contributed by atoms with Crippen LogP contribution in [-0.2, 0) is 16.1 Å². The van der Waals surface area contributed by atoms with E-state index in [1.165, 1.54) is 0 Å². The average molecular weight is 739 g/mol. The summed E-state index contributed by atoms with van der Waals surface area (Å²) in [5.41, 5.74) is 3.53. The molecule has 7 rings (SSSR count). The summed E-state index contributed by atoms with van der Waals surface area (Å²) in [5, 5.41) is 14.9. The third-order valence-corrected chi connectivity index (χ3v) is 10.9. The van der Waals surface area contributed by atoms with Crippen LogP contribution in [0.4, 0.5) is 5.69 Å². The van der Waals surface area contributed by atoms with Crippen molar-refractivity contribution in [2.24, 2.45) is 0 Å². The Morgan fingerprint density at radius 3 is 2.51 bits per heavy atom. The Labute approximate surface area is 313 Å². The minimum absolute atomic E-state index is 0.00262. The van der Waals surface area contributed by atoms with Gasteiger partial charge in [-0.25, -0.2) is 0 Å². The van der Waals surface area contributed by atoms with Crippen molar-refractivity contribution in [3.63, 3.8) is 0 Å². The zero-order chi connectivity index (χ0) is 36.9. The standard InChI is InChI=1S/C40H43ClN6O6/c41-34-23-30(12-9-27(34)24-42)53-31-21-28(22-31)43-38(49)26-7-10-29(11-8-26)46-18-16-45(17-19-46)15-2-1-3-20-52-36-6-4-5-32-33(36)25-47(40(32)51)35-13-14-37(48)44-39(35)50/h4-12,23,28,31,35H,1-3,13-22,25H2,(H,43,49)(H,44,48,50)/t28-,31-,35?. The molecule has 0 spiro atoms. The van der Waals surface area contributed by atoms with E-state index in [9.17, 15) is 19.2 Å². The number of rotatable bonds is 13. The molecule has 4 amide bonds. The van der Waals surface area contributed by atoms with Gasteiger partial charge in [0.25, 0.3) is 11.8 Å². The first-order valence-corrected chi connectivity index (χ1v) is 18.8. The van der Waals surface area contributed by atoms with Gasteiger partial charge in [-0.1, -0.05) is 17.7 Å². The molecule has 3 aromatic rings. The van der Waals surface area contributed by atoms with E-state index in [-0.39, 0.29) is 36.3 Å². The average Bonchev–Trinajstić information content (AvgIpc) is 3.48. The molecule has 3 fully saturated rings. The molecule has 2 N–H and O–H groups in total. The second kappa shape index (κ2) is 16.3. The number of hydrogen-bond acceptors (Lipinski definition) is 9. The maximum Gasteiger partial charge on any atom is 0.255 e. The summed E-state index contributed by atoms with van der Waals surface area (Å²) in [4.78, 5) is 56.3. The van der Waals surface area contributed by atoms with Gasteiger partial charge in [0.1, 0.15) is 29.7 Å². The van der Waals surface area contributed by atoms with Crippen LogP contribution in [0.25, 0.3) is 0 Å². The number of piperidine rings is 1. The Balaban J connectivity index is 0.771. The maximum absolute atomic E-state index is 13.1. The van der Waals surface area contributed by atoms with Crippen LogP contribution in [0.3, 0.4) is 0 Å². The van der Waals surface area contributed by atoms with Gasteiger partial charge in [-0.2, -0.15) is 5.26 Å². The number of carbonyl (C=O) groups excluding carboxylic acids is 4. The quantitative estimate of drug-likeness (QED) is 0.189. The molecule has 1 atom stereocenters. The largest absolute Gasteiger partial charge is 0.493 e. The fourth-order valence-electron chi connectivity index (χ4n) is 7.44. The lowest BCUT2D eigenvalue weighted by Gasteiger charge is -2.36. The van der Waals surface area contributed by atoms with Gasteiger partial charge in [0.05, 0.1) is 23.7 Å². The molecule has 1 saturated carbocycles. The number of unbranched alkanes of at least 4 members (excludes halogenated alkanes) is 2. The van der Waals surface area contributed by atoms with Crippen molar-refractivity contribution in [3.8, 4) is 17.6 Å². The van der Waals surface area contributed by atoms with Crippen LogP contribution in [0, 0.1) is 11.3 Å². The van der Waals surface area contributed by atoms with E-state index < -0.39 is 11.9 Å². The number of nitrogens with zero attached hydrogens (tertiary/aromatic N) is 4. The summed E-state index contributed by atoms with van der Waals surface area (Å²) >= 11 is 6.10. The number of nitrogens with one attached hydrogen (secondary N) is 2. The van der Waals surface area contributed by atoms with Crippen LogP contribution in [0.2, 0.25) is 5.02 Å². The van der Waals surface area contributed by atoms with Gasteiger partial charge in [0, 0.05) is 79.9 Å². The highest BCUT2D eigenvalue weighted by Gasteiger charge is 2.40. The lowest BCUT2D eigenvalue weighted by Crippen LogP contribution is -2.52. The van der Waals surface area contributed by atoms with E-state index >= 15 is 0 Å². The predicted octanol–water partition coefficient (Wildman–Crippen LogP) is 4.68. The molecule has 0 bridgehead atoms. The van der Waals surface area contributed by atoms with Gasteiger partial charge < -0.3 is 24.6 Å². The van der Waals surface area contributed by atoms with E-state index in [2.05, 4.69) is 20.4 Å². The van der Waals surface area contributed by atoms with Crippen LogP contribution in [0.1, 0.15) is 76.8 Å². The number of amides is 4. The highest BCUT2D eigenvalue weighted by molar-refractivity contribution is 6.31. The van der Waals surface area contributed by atoms with Crippen molar-refractivity contribution in [2.45, 2.75) is 69.7 Å². The van der Waals surface area contributed by atoms with Crippen LogP contribution >= 0.6 is 11.6 Å². The van der Waals surface area contributed by atoms with Gasteiger partial charge in [-0.15, -0.1) is 0 Å². The van der Waals surface area contributed by atoms with E-state index in [4.69, 9.17) is 26.3 Å². The first-order chi connectivity index (χ1) is 25.7. The number of carbonyl (C=O) groups is 4. The number of fused-ring (bicyclic) bond motifs is 1. The number of piperazine rings is 1. The molecule has 1 aliphatic carbocycles. The number of imide groups is 1. The molecule has 2 saturated heterocycles. The Morgan fingerprint density at radius 1 is 0.981 bits per heavy atom. The Bertz CT molecular complexity index is 1900. The molecule has 4 aliphatic rings. The monoisotopic (exact) mass is 738 g/mol. The van der Waals surface area contributed by atoms with Crippen LogP contribution < -0.4 is 25.0 Å². The van der Waals surface area contributed by atoms with Gasteiger partial charge in [0.15, 0.2) is 0 Å². The van der Waals surface area contributed by atoms with E-state index in [0.717, 1.165) is 63.2 Å². The molecule has 53 heavy (non-hydrogen) atoms. The number of ether oxygens (including phenoxy) is 2. The van der Waals surface area contributed by atoms with Gasteiger partial charge in [-0.05, 0) is 80.8 Å². The SMILES string of the molecule is N#Cc1ccc(O[C@H]2C[C@H](NC(=O)c3ccc(N4CCN(CCCCCOc5cccc6c5CN(C5CCC(=O)NC5=O)C6=O)CC4)cc3)C2)cc1Cl. The third kappa shape index (κ3) is 8.42. The zero-order valence-electron chi connectivity index (χ0n) is 29.5. The van der Waals surface area contributed by atoms with Crippen LogP contribution in [0.15, 0.2) is 60.7 Å². The smallest absolute Gasteiger partial charge is 0.255 e. The van der Waals surface area contributed by atoms with Gasteiger partial charge in [-0.3, -0.25) is 29.4 Å². The summed E-state index contributed by atoms with van der Waals surface area (Å²) in [6.07, 6.45) is 4.99. The fraction of sp³-hybridized carbons (Fsp3) is 0.425. The first kappa shape index (κ1) is 36.2. The van der Waals surface area contributed by atoms with Gasteiger partial charge >= 0.3 is 0 Å². The normalized spacial score (nSPS) is 21.4. The molecule has 276 valence electrons. The summed E-state index contributed by atoms with van der Waals surface area (Å²) in [7, 11) is 0. The molecule has 3 aromatic carbocycles. The molecule has 0 aromatic heterocycles. The van der Waals surface area contributed by atoms with E-state index in [0.29, 0.717) is 65.6 Å². The molecular formula is C40H43ClN6O6. The highest BCUT2D eigenvalue weighted by Crippen LogP contribution is 2.34. The van der Waals surface area contributed by atoms with Crippen molar-refractivity contribution >= 4 is 40.9 Å². The third-order valence-electron chi connectivity index (χ3n) is 10.6. The Kier molecular flexibility index (Phi) is 11.1. The number of anilines is 1. The van der Waals surface area contributed by atoms with Crippen molar-refractivity contribution in [1.82, 2.24) is 20.4 Å². The summed E-state index contributed by atoms with van der Waals surface area (Å²) in [6.45, 7) is 5.69. The minimum Gasteiger partial charge on any atom is -0.493 e. The minimum atomic E-state index is -0.639. The molecule has 1 unspecified atom stereocenters. The Hall–Kier alpha value is -5.12. The summed E-state index contributed by atoms with van der Waals surface area (Å²) in [5.74, 6) is 0.311. The lowest BCUT2D eigenvalue weighted by atomic mass is 9.89. The number of halogens is 1. The second-order valence-corrected chi connectivity index (χ2v) is 14.5. The zero-order valence-corrected chi connectivity index (χ0v) is 30.3.